The lowest BCUT2D eigenvalue weighted by Crippen LogP contribution is -2.53. The third-order valence-corrected chi connectivity index (χ3v) is 33.3. The molecule has 142 heavy (non-hydrogen) atoms. The number of piperazine rings is 3. The number of aromatic nitrogens is 10. The Bertz CT molecular complexity index is 7750. The monoisotopic (exact) mass is 2100 g/mol. The maximum Gasteiger partial charge on any atom is 0.263 e. The number of hydrogen-bond acceptors (Lipinski definition) is 25. The minimum atomic E-state index is -3.78. The second kappa shape index (κ2) is 43.3. The van der Waals surface area contributed by atoms with Crippen LogP contribution in [0, 0.1) is 13.8 Å². The molecule has 3 atom stereocenters. The molecular formula is C98H112Cl2N22O13S7. The number of carbonyl (C=O) groups excluding carboxylic acids is 5. The highest BCUT2D eigenvalue weighted by Crippen LogP contribution is 2.35. The first kappa shape index (κ1) is 99.7. The molecule has 0 bridgehead atoms. The number of amides is 5. The molecule has 4 saturated heterocycles. The van der Waals surface area contributed by atoms with Gasteiger partial charge in [-0.15, -0.1) is 22.7 Å². The lowest BCUT2D eigenvalue weighted by Gasteiger charge is -2.37. The molecule has 35 nitrogen and oxygen atoms in total. The fourth-order valence-electron chi connectivity index (χ4n) is 17.7. The highest BCUT2D eigenvalue weighted by atomic mass is 35.5. The van der Waals surface area contributed by atoms with E-state index in [9.17, 15) is 57.6 Å². The molecule has 748 valence electrons. The topological polar surface area (TPSA) is 402 Å². The summed E-state index contributed by atoms with van der Waals surface area (Å²) in [6.07, 6.45) is 14.6. The van der Waals surface area contributed by atoms with E-state index in [0.29, 0.717) is 86.3 Å². The summed E-state index contributed by atoms with van der Waals surface area (Å²) in [7, 11) is -15.0. The number of benzene rings is 8. The Morgan fingerprint density at radius 1 is 0.430 bits per heavy atom. The molecule has 0 aliphatic carbocycles. The van der Waals surface area contributed by atoms with Gasteiger partial charge in [-0.2, -0.15) is 4.37 Å². The third-order valence-electron chi connectivity index (χ3n) is 25.1. The van der Waals surface area contributed by atoms with E-state index < -0.39 is 46.1 Å². The van der Waals surface area contributed by atoms with Gasteiger partial charge in [-0.25, -0.2) is 58.6 Å². The van der Waals surface area contributed by atoms with E-state index in [2.05, 4.69) is 105 Å². The van der Waals surface area contributed by atoms with Crippen LogP contribution in [0.3, 0.4) is 0 Å². The number of nitrogens with zero attached hydrogens (tertiary/aromatic N) is 17. The number of anilines is 8. The summed E-state index contributed by atoms with van der Waals surface area (Å²) in [5.41, 5.74) is 9.35. The molecule has 44 heteroatoms. The zero-order chi connectivity index (χ0) is 99.7. The smallest absolute Gasteiger partial charge is 0.263 e. The van der Waals surface area contributed by atoms with Crippen LogP contribution in [0.5, 0.6) is 0 Å². The molecule has 0 saturated carbocycles. The quantitative estimate of drug-likeness (QED) is 0.0355. The predicted octanol–water partition coefficient (Wildman–Crippen LogP) is 16.8. The van der Waals surface area contributed by atoms with Crippen molar-refractivity contribution in [2.75, 3.05) is 124 Å². The summed E-state index contributed by atoms with van der Waals surface area (Å²) < 4.78 is 122. The molecule has 16 aromatic rings. The molecule has 4 fully saturated rings. The van der Waals surface area contributed by atoms with Gasteiger partial charge in [0.2, 0.25) is 34.7 Å². The van der Waals surface area contributed by atoms with Crippen molar-refractivity contribution in [2.45, 2.75) is 97.8 Å². The van der Waals surface area contributed by atoms with Crippen LogP contribution in [0.25, 0.3) is 43.6 Å². The van der Waals surface area contributed by atoms with Gasteiger partial charge >= 0.3 is 0 Å². The van der Waals surface area contributed by atoms with Crippen molar-refractivity contribution in [3.8, 4) is 0 Å². The van der Waals surface area contributed by atoms with Crippen molar-refractivity contribution in [2.24, 2.45) is 0 Å². The maximum absolute atomic E-state index is 13.3. The van der Waals surface area contributed by atoms with E-state index in [1.807, 2.05) is 153 Å². The highest BCUT2D eigenvalue weighted by molar-refractivity contribution is 7.93. The number of fused-ring (bicyclic) bond motifs is 4. The number of carbonyl (C=O) groups is 5. The van der Waals surface area contributed by atoms with E-state index in [0.717, 1.165) is 104 Å². The lowest BCUT2D eigenvalue weighted by molar-refractivity contribution is -0.139. The zero-order valence-electron chi connectivity index (χ0n) is 77.6. The molecule has 2 unspecified atom stereocenters. The fraction of sp³-hybridized carbons (Fsp3) is 0.255. The Kier molecular flexibility index (Phi) is 30.4. The molecule has 0 spiro atoms. The average molecular weight is 2100 g/mol. The van der Waals surface area contributed by atoms with E-state index >= 15 is 0 Å². The summed E-state index contributed by atoms with van der Waals surface area (Å²) in [6, 6.07) is 60.5. The largest absolute Gasteiger partial charge is 0.371 e. The van der Waals surface area contributed by atoms with Crippen LogP contribution >= 0.6 is 57.4 Å². The molecule has 12 heterocycles. The van der Waals surface area contributed by atoms with Crippen molar-refractivity contribution in [1.82, 2.24) is 67.6 Å². The Balaban J connectivity index is 0.000000185. The Morgan fingerprint density at radius 3 is 1.51 bits per heavy atom. The van der Waals surface area contributed by atoms with Gasteiger partial charge in [-0.1, -0.05) is 71.2 Å². The van der Waals surface area contributed by atoms with Crippen molar-refractivity contribution in [3.05, 3.63) is 288 Å². The maximum atomic E-state index is 13.3. The number of piperidine rings is 1. The van der Waals surface area contributed by atoms with Crippen LogP contribution in [0.2, 0.25) is 10.0 Å². The molecule has 5 N–H and O–H groups in total. The number of thiazole rings is 2. The van der Waals surface area contributed by atoms with Crippen molar-refractivity contribution in [1.29, 1.82) is 0 Å². The number of para-hydroxylation sites is 1. The first-order valence-electron chi connectivity index (χ1n) is 45.4. The van der Waals surface area contributed by atoms with E-state index in [1.165, 1.54) is 71.5 Å². The van der Waals surface area contributed by atoms with E-state index in [1.54, 1.807) is 106 Å². The van der Waals surface area contributed by atoms with Gasteiger partial charge in [0, 0.05) is 208 Å². The molecule has 8 aromatic heterocycles. The van der Waals surface area contributed by atoms with Gasteiger partial charge in [0.05, 0.1) is 25.1 Å². The summed E-state index contributed by atoms with van der Waals surface area (Å²) >= 11 is 15.7. The van der Waals surface area contributed by atoms with Gasteiger partial charge in [0.25, 0.3) is 40.1 Å². The van der Waals surface area contributed by atoms with Crippen LogP contribution in [0.15, 0.2) is 286 Å². The molecular weight excluding hydrogens is 1990 g/mol. The van der Waals surface area contributed by atoms with Gasteiger partial charge in [-0.3, -0.25) is 42.9 Å². The summed E-state index contributed by atoms with van der Waals surface area (Å²) in [5.74, 6) is 0.0103. The zero-order valence-corrected chi connectivity index (χ0v) is 84.8. The third kappa shape index (κ3) is 23.3. The summed E-state index contributed by atoms with van der Waals surface area (Å²) in [4.78, 5) is 98.9. The Morgan fingerprint density at radius 2 is 0.944 bits per heavy atom. The van der Waals surface area contributed by atoms with Crippen molar-refractivity contribution in [3.63, 3.8) is 0 Å². The van der Waals surface area contributed by atoms with Crippen LogP contribution in [-0.4, -0.2) is 217 Å². The number of nitrogens with one attached hydrogen (secondary N) is 5. The number of sulfonamides is 4. The van der Waals surface area contributed by atoms with Gasteiger partial charge in [0.1, 0.15) is 49.7 Å². The number of halogens is 2. The minimum absolute atomic E-state index is 0. The van der Waals surface area contributed by atoms with Crippen LogP contribution in [0.4, 0.5) is 44.0 Å². The average Bonchev–Trinajstić information content (AvgIpc) is 1.61. The van der Waals surface area contributed by atoms with E-state index in [4.69, 9.17) is 23.2 Å². The number of rotatable bonds is 25. The van der Waals surface area contributed by atoms with Crippen molar-refractivity contribution < 1.29 is 66.2 Å². The molecule has 4 aliphatic heterocycles. The first-order chi connectivity index (χ1) is 68.2. The number of hydrogen-bond donors (Lipinski definition) is 5. The SMILES string of the molecule is C[C@H](C(=O)N1CCN(c2cccc(S(=O)(=O)Nc3nccs3)c2)CC1)n1ccc2ccc(Cl)cc21.Cc1cc2ccccc2n1C(C)C(=O)N1CCN(c2ccc(S(=O)(=O)Nc3nccs3)cc2)C(=O)C1.Cc1ccc2c(ccn2C(C)C(=O)N2CCN(c3ccc(S(=O)(=O)Nc4ccncn4)cc3)CC2)c1.O=C(Cn1ccc2ccc(Cl)cc21)NC1CCN(c2ccc(S(=O)(=O)Nc3ncns3)cc2)CC1.[HH].[HH].[HH].[HH].[HH].[HH]. The lowest BCUT2D eigenvalue weighted by atomic mass is 10.0. The standard InChI is InChI=1S/C26H28N6O3S.C25H25N5O4S2.C24H24ClN5O3S2.C23H23ClN6O3S2.6H2/c1-19-3-8-24-21(17-19)10-12-32(24)20(2)26(33)31-15-13-30(14-16-31)22-4-6-23(7-5-22)36(34,35)29-25-9-11-27-18-28-25;1-17-15-19-5-3-4-6-22(19)30(17)18(2)24(32)28-12-13-29(23(31)16-28)20-7-9-21(10-8-20)36(33,34)27-25-26-11-14-35-25;1-17(30-9-7-18-5-6-19(25)15-22(18)30)23(31)29-12-10-28(11-13-29)20-3-2-4-21(16-20)35(32,33)27-24-26-8-14-34-24;24-17-2-1-16-7-10-30(21(16)13-17)14-22(31)27-18-8-11-29(12-9-18)19-3-5-20(6-4-19)35(32,33)28-23-25-15-26-34-23;;;;;;/h3-12,17-18,20H,13-16H2,1-2H3,(H,27,28,29);3-11,14-15,18H,12-13,16H2,1-2H3,(H,26,27);2-9,14-17H,10-13H2,1H3,(H,26,27);1-7,10,13,15,18H,8-9,11-12,14H2,(H,27,31)(H,25,26,28);6*1H/t;;17-;;;;;;;/m..1......./s1. The highest BCUT2D eigenvalue weighted by Gasteiger charge is 2.35. The molecule has 20 rings (SSSR count). The Labute approximate surface area is 851 Å². The Hall–Kier alpha value is -13.9. The molecule has 0 radical (unpaired) electrons. The molecule has 5 amide bonds. The summed E-state index contributed by atoms with van der Waals surface area (Å²) in [5, 5.41) is 12.9. The normalized spacial score (nSPS) is 15.2. The summed E-state index contributed by atoms with van der Waals surface area (Å²) in [6.45, 7) is 17.1. The van der Waals surface area contributed by atoms with Crippen molar-refractivity contribution >= 4 is 215 Å². The number of aryl methyl sites for hydroxylation is 2. The molecule has 8 aromatic carbocycles. The van der Waals surface area contributed by atoms with Gasteiger partial charge in [-0.05, 0) is 233 Å². The predicted molar refractivity (Wildman–Crippen MR) is 569 cm³/mol. The second-order valence-electron chi connectivity index (χ2n) is 34.3. The van der Waals surface area contributed by atoms with Gasteiger partial charge in [0.15, 0.2) is 10.3 Å². The fourth-order valence-corrected chi connectivity index (χ4v) is 24.3. The van der Waals surface area contributed by atoms with Gasteiger partial charge < -0.3 is 57.9 Å². The molecule has 4 aliphatic rings. The van der Waals surface area contributed by atoms with E-state index in [-0.39, 0.29) is 105 Å². The van der Waals surface area contributed by atoms with Crippen LogP contribution < -0.4 is 43.8 Å². The second-order valence-corrected chi connectivity index (χ2v) is 44.4. The van der Waals surface area contributed by atoms with Crippen LogP contribution in [-0.2, 0) is 70.6 Å². The first-order valence-corrected chi connectivity index (χ1v) is 54.7. The minimum Gasteiger partial charge on any atom is -0.371 e. The van der Waals surface area contributed by atoms with Crippen LogP contribution in [0.1, 0.15) is 71.6 Å².